The second-order valence-corrected chi connectivity index (χ2v) is 6.95. The number of nitrogens with one attached hydrogen (secondary N) is 1. The van der Waals surface area contributed by atoms with Gasteiger partial charge in [0.1, 0.15) is 5.58 Å². The number of hydrogen-bond donors (Lipinski definition) is 1. The maximum absolute atomic E-state index is 12.3. The smallest absolute Gasteiger partial charge is 0.345 e. The quantitative estimate of drug-likeness (QED) is 0.531. The molecule has 0 aliphatic heterocycles. The number of benzene rings is 2. The molecule has 2 heterocycles. The highest BCUT2D eigenvalue weighted by Crippen LogP contribution is 2.28. The molecule has 0 bridgehead atoms. The minimum Gasteiger partial charge on any atom is -0.422 e. The number of fused-ring (bicyclic) bond motifs is 1. The zero-order valence-electron chi connectivity index (χ0n) is 14.4. The maximum atomic E-state index is 12.3. The Balaban J connectivity index is 1.62. The van der Waals surface area contributed by atoms with Gasteiger partial charge in [0.25, 0.3) is 0 Å². The van der Waals surface area contributed by atoms with Crippen LogP contribution >= 0.6 is 11.3 Å². The first-order valence-electron chi connectivity index (χ1n) is 8.13. The normalized spacial score (nSPS) is 10.8. The predicted molar refractivity (Wildman–Crippen MR) is 108 cm³/mol. The summed E-state index contributed by atoms with van der Waals surface area (Å²) in [6, 6.07) is 17.4. The molecule has 26 heavy (non-hydrogen) atoms. The Kier molecular flexibility index (Phi) is 4.18. The monoisotopic (exact) mass is 363 g/mol. The van der Waals surface area contributed by atoms with E-state index in [2.05, 4.69) is 10.3 Å². The molecule has 1 N–H and O–H groups in total. The van der Waals surface area contributed by atoms with Crippen molar-refractivity contribution in [1.29, 1.82) is 0 Å². The second-order valence-electron chi connectivity index (χ2n) is 6.09. The highest BCUT2D eigenvalue weighted by Gasteiger charge is 2.11. The lowest BCUT2D eigenvalue weighted by Crippen LogP contribution is -2.08. The van der Waals surface area contributed by atoms with Crippen molar-refractivity contribution in [2.24, 2.45) is 0 Å². The molecule has 0 aliphatic rings. The van der Waals surface area contributed by atoms with Crippen LogP contribution in [0.25, 0.3) is 22.2 Å². The molecule has 0 saturated heterocycles. The Bertz CT molecular complexity index is 1110. The molecule has 5 nitrogen and oxygen atoms in total. The topological polar surface area (TPSA) is 58.4 Å². The molecule has 130 valence electrons. The van der Waals surface area contributed by atoms with Gasteiger partial charge in [0.2, 0.25) is 0 Å². The molecular weight excluding hydrogens is 346 g/mol. The highest BCUT2D eigenvalue weighted by molar-refractivity contribution is 7.14. The summed E-state index contributed by atoms with van der Waals surface area (Å²) in [6.45, 7) is 0. The lowest BCUT2D eigenvalue weighted by Gasteiger charge is -2.12. The summed E-state index contributed by atoms with van der Waals surface area (Å²) < 4.78 is 5.39. The lowest BCUT2D eigenvalue weighted by atomic mass is 10.1. The van der Waals surface area contributed by atoms with Crippen molar-refractivity contribution < 1.29 is 4.42 Å². The van der Waals surface area contributed by atoms with Gasteiger partial charge >= 0.3 is 5.63 Å². The summed E-state index contributed by atoms with van der Waals surface area (Å²) in [5, 5.41) is 6.74. The van der Waals surface area contributed by atoms with Crippen LogP contribution in [-0.4, -0.2) is 19.1 Å². The fourth-order valence-corrected chi connectivity index (χ4v) is 3.39. The van der Waals surface area contributed by atoms with E-state index in [4.69, 9.17) is 4.42 Å². The van der Waals surface area contributed by atoms with Crippen molar-refractivity contribution in [3.05, 3.63) is 70.4 Å². The predicted octanol–water partition coefficient (Wildman–Crippen LogP) is 4.73. The van der Waals surface area contributed by atoms with Gasteiger partial charge in [-0.05, 0) is 36.4 Å². The Hall–Kier alpha value is -3.12. The third-order valence-electron chi connectivity index (χ3n) is 4.06. The molecule has 0 aliphatic carbocycles. The zero-order chi connectivity index (χ0) is 18.1. The van der Waals surface area contributed by atoms with E-state index in [1.165, 1.54) is 11.3 Å². The summed E-state index contributed by atoms with van der Waals surface area (Å²) >= 11 is 1.45. The van der Waals surface area contributed by atoms with E-state index in [9.17, 15) is 4.79 Å². The van der Waals surface area contributed by atoms with Gasteiger partial charge in [-0.15, -0.1) is 11.3 Å². The van der Waals surface area contributed by atoms with Crippen LogP contribution in [0.4, 0.5) is 16.5 Å². The van der Waals surface area contributed by atoms with Crippen LogP contribution in [0, 0.1) is 0 Å². The van der Waals surface area contributed by atoms with E-state index in [1.54, 1.807) is 6.07 Å². The summed E-state index contributed by atoms with van der Waals surface area (Å²) in [7, 11) is 4.01. The van der Waals surface area contributed by atoms with E-state index >= 15 is 0 Å². The second kappa shape index (κ2) is 6.65. The van der Waals surface area contributed by atoms with Gasteiger partial charge in [0.15, 0.2) is 5.13 Å². The first kappa shape index (κ1) is 16.4. The summed E-state index contributed by atoms with van der Waals surface area (Å²) in [4.78, 5) is 18.9. The van der Waals surface area contributed by atoms with Gasteiger partial charge < -0.3 is 14.6 Å². The van der Waals surface area contributed by atoms with Crippen molar-refractivity contribution in [2.75, 3.05) is 24.3 Å². The van der Waals surface area contributed by atoms with Crippen molar-refractivity contribution in [3.8, 4) is 11.3 Å². The molecule has 2 aromatic carbocycles. The number of aromatic nitrogens is 1. The largest absolute Gasteiger partial charge is 0.422 e. The van der Waals surface area contributed by atoms with Crippen molar-refractivity contribution >= 4 is 38.8 Å². The molecule has 0 atom stereocenters. The van der Waals surface area contributed by atoms with Gasteiger partial charge in [-0.25, -0.2) is 9.78 Å². The Morgan fingerprint density at radius 2 is 1.85 bits per heavy atom. The van der Waals surface area contributed by atoms with Gasteiger partial charge in [-0.2, -0.15) is 0 Å². The Labute approximate surface area is 154 Å². The van der Waals surface area contributed by atoms with E-state index in [-0.39, 0.29) is 5.63 Å². The molecule has 4 aromatic rings. The fraction of sp³-hybridized carbons (Fsp3) is 0.100. The number of nitrogens with zero attached hydrogens (tertiary/aromatic N) is 2. The van der Waals surface area contributed by atoms with Crippen LogP contribution in [0.1, 0.15) is 0 Å². The van der Waals surface area contributed by atoms with Crippen LogP contribution in [0.2, 0.25) is 0 Å². The number of anilines is 3. The molecule has 2 aromatic heterocycles. The Morgan fingerprint density at radius 1 is 1.08 bits per heavy atom. The average Bonchev–Trinajstić information content (AvgIpc) is 3.10. The summed E-state index contributed by atoms with van der Waals surface area (Å²) in [5.74, 6) is 0. The van der Waals surface area contributed by atoms with Crippen LogP contribution < -0.4 is 15.8 Å². The van der Waals surface area contributed by atoms with Crippen LogP contribution in [0.15, 0.2) is 69.2 Å². The first-order chi connectivity index (χ1) is 12.6. The van der Waals surface area contributed by atoms with Crippen LogP contribution in [-0.2, 0) is 0 Å². The molecule has 0 radical (unpaired) electrons. The summed E-state index contributed by atoms with van der Waals surface area (Å²) in [5.41, 5.74) is 3.36. The first-order valence-corrected chi connectivity index (χ1v) is 9.01. The third kappa shape index (κ3) is 3.19. The highest BCUT2D eigenvalue weighted by atomic mass is 32.1. The molecule has 0 amide bonds. The van der Waals surface area contributed by atoms with E-state index < -0.39 is 0 Å². The molecule has 4 rings (SSSR count). The van der Waals surface area contributed by atoms with Crippen LogP contribution in [0.5, 0.6) is 0 Å². The van der Waals surface area contributed by atoms with Gasteiger partial charge in [0.05, 0.1) is 11.3 Å². The van der Waals surface area contributed by atoms with Crippen molar-refractivity contribution in [1.82, 2.24) is 4.98 Å². The maximum Gasteiger partial charge on any atom is 0.345 e. The van der Waals surface area contributed by atoms with E-state index in [0.29, 0.717) is 16.8 Å². The summed E-state index contributed by atoms with van der Waals surface area (Å²) in [6.07, 6.45) is 0. The van der Waals surface area contributed by atoms with Gasteiger partial charge in [-0.1, -0.05) is 18.2 Å². The van der Waals surface area contributed by atoms with Gasteiger partial charge in [-0.3, -0.25) is 0 Å². The minimum atomic E-state index is -0.379. The molecule has 0 spiro atoms. The molecule has 0 fully saturated rings. The number of para-hydroxylation sites is 1. The molecule has 0 unspecified atom stereocenters. The molecular formula is C20H17N3O2S. The van der Waals surface area contributed by atoms with Crippen molar-refractivity contribution in [2.45, 2.75) is 0 Å². The van der Waals surface area contributed by atoms with Gasteiger partial charge in [0, 0.05) is 36.2 Å². The third-order valence-corrected chi connectivity index (χ3v) is 4.81. The number of thiazole rings is 1. The van der Waals surface area contributed by atoms with E-state index in [0.717, 1.165) is 21.9 Å². The minimum absolute atomic E-state index is 0.379. The molecule has 0 saturated carbocycles. The SMILES string of the molecule is CN(C)c1ccc(Nc2nc(-c3cc4ccccc4oc3=O)cs2)cc1. The Morgan fingerprint density at radius 3 is 2.62 bits per heavy atom. The van der Waals surface area contributed by atoms with Crippen molar-refractivity contribution in [3.63, 3.8) is 0 Å². The number of rotatable bonds is 4. The van der Waals surface area contributed by atoms with E-state index in [1.807, 2.05) is 72.9 Å². The fourth-order valence-electron chi connectivity index (χ4n) is 2.66. The molecule has 6 heteroatoms. The lowest BCUT2D eigenvalue weighted by molar-refractivity contribution is 0.563. The van der Waals surface area contributed by atoms with Crippen LogP contribution in [0.3, 0.4) is 0 Å². The number of hydrogen-bond acceptors (Lipinski definition) is 6. The zero-order valence-corrected chi connectivity index (χ0v) is 15.2. The standard InChI is InChI=1S/C20H17N3O2S/c1-23(2)15-9-7-14(8-10-15)21-20-22-17(12-26-20)16-11-13-5-3-4-6-18(13)25-19(16)24/h3-12H,1-2H3,(H,21,22). The average molecular weight is 363 g/mol.